The van der Waals surface area contributed by atoms with Crippen LogP contribution < -0.4 is 0 Å². The van der Waals surface area contributed by atoms with E-state index in [4.69, 9.17) is 0 Å². The maximum Gasteiger partial charge on any atom is 0.222 e. The standard InChI is InChI=1S/C16H21F2NO/c1-2-12-4-3-9-19(11-12)16(20)8-6-13-5-7-14(17)15(18)10-13/h5,7,10,12H,2-4,6,8-9,11H2,1H3. The van der Waals surface area contributed by atoms with E-state index in [-0.39, 0.29) is 5.91 Å². The van der Waals surface area contributed by atoms with E-state index in [2.05, 4.69) is 6.92 Å². The van der Waals surface area contributed by atoms with Crippen LogP contribution in [0.3, 0.4) is 0 Å². The topological polar surface area (TPSA) is 20.3 Å². The minimum atomic E-state index is -0.848. The van der Waals surface area contributed by atoms with E-state index in [0.717, 1.165) is 32.0 Å². The van der Waals surface area contributed by atoms with E-state index in [0.29, 0.717) is 24.3 Å². The molecule has 4 heteroatoms. The van der Waals surface area contributed by atoms with Crippen molar-refractivity contribution in [3.8, 4) is 0 Å². The Kier molecular flexibility index (Phi) is 5.10. The predicted octanol–water partition coefficient (Wildman–Crippen LogP) is 3.55. The summed E-state index contributed by atoms with van der Waals surface area (Å²) in [5, 5.41) is 0. The van der Waals surface area contributed by atoms with Gasteiger partial charge in [-0.05, 0) is 42.9 Å². The summed E-state index contributed by atoms with van der Waals surface area (Å²) < 4.78 is 25.9. The molecule has 1 atom stereocenters. The fourth-order valence-electron chi connectivity index (χ4n) is 2.73. The van der Waals surface area contributed by atoms with Gasteiger partial charge in [-0.1, -0.05) is 19.4 Å². The maximum absolute atomic E-state index is 13.1. The van der Waals surface area contributed by atoms with Crippen molar-refractivity contribution in [1.29, 1.82) is 0 Å². The molecular weight excluding hydrogens is 260 g/mol. The van der Waals surface area contributed by atoms with Crippen molar-refractivity contribution in [2.24, 2.45) is 5.92 Å². The molecule has 110 valence electrons. The smallest absolute Gasteiger partial charge is 0.222 e. The number of nitrogens with zero attached hydrogens (tertiary/aromatic N) is 1. The number of amides is 1. The summed E-state index contributed by atoms with van der Waals surface area (Å²) in [7, 11) is 0. The predicted molar refractivity (Wildman–Crippen MR) is 74.3 cm³/mol. The van der Waals surface area contributed by atoms with Gasteiger partial charge < -0.3 is 4.90 Å². The van der Waals surface area contributed by atoms with Crippen LogP contribution in [0.1, 0.15) is 38.2 Å². The Morgan fingerprint density at radius 2 is 2.15 bits per heavy atom. The van der Waals surface area contributed by atoms with Gasteiger partial charge in [-0.25, -0.2) is 8.78 Å². The second kappa shape index (κ2) is 6.82. The average Bonchev–Trinajstić information content (AvgIpc) is 2.48. The van der Waals surface area contributed by atoms with Gasteiger partial charge in [0.15, 0.2) is 11.6 Å². The van der Waals surface area contributed by atoms with Crippen LogP contribution in [0.15, 0.2) is 18.2 Å². The molecule has 1 fully saturated rings. The van der Waals surface area contributed by atoms with Crippen molar-refractivity contribution in [3.05, 3.63) is 35.4 Å². The summed E-state index contributed by atoms with van der Waals surface area (Å²) in [6, 6.07) is 3.83. The molecule has 1 aliphatic heterocycles. The van der Waals surface area contributed by atoms with E-state index >= 15 is 0 Å². The molecule has 1 heterocycles. The van der Waals surface area contributed by atoms with Gasteiger partial charge in [0.1, 0.15) is 0 Å². The molecule has 1 saturated heterocycles. The van der Waals surface area contributed by atoms with Crippen LogP contribution in [0, 0.1) is 17.6 Å². The Labute approximate surface area is 118 Å². The van der Waals surface area contributed by atoms with E-state index in [1.807, 2.05) is 4.90 Å². The molecule has 1 unspecified atom stereocenters. The van der Waals surface area contributed by atoms with Gasteiger partial charge in [-0.3, -0.25) is 4.79 Å². The lowest BCUT2D eigenvalue weighted by molar-refractivity contribution is -0.133. The van der Waals surface area contributed by atoms with E-state index in [1.54, 1.807) is 0 Å². The van der Waals surface area contributed by atoms with Crippen LogP contribution in [-0.4, -0.2) is 23.9 Å². The van der Waals surface area contributed by atoms with Crippen molar-refractivity contribution in [3.63, 3.8) is 0 Å². The highest BCUT2D eigenvalue weighted by atomic mass is 19.2. The molecule has 0 spiro atoms. The van der Waals surface area contributed by atoms with Crippen molar-refractivity contribution in [2.45, 2.75) is 39.0 Å². The first-order valence-electron chi connectivity index (χ1n) is 7.32. The first kappa shape index (κ1) is 14.9. The SMILES string of the molecule is CCC1CCCN(C(=O)CCc2ccc(F)c(F)c2)C1. The first-order valence-corrected chi connectivity index (χ1v) is 7.32. The van der Waals surface area contributed by atoms with Crippen LogP contribution in [0.4, 0.5) is 8.78 Å². The fraction of sp³-hybridized carbons (Fsp3) is 0.562. The number of hydrogen-bond donors (Lipinski definition) is 0. The van der Waals surface area contributed by atoms with Gasteiger partial charge in [-0.15, -0.1) is 0 Å². The molecule has 2 rings (SSSR count). The van der Waals surface area contributed by atoms with E-state index < -0.39 is 11.6 Å². The van der Waals surface area contributed by atoms with E-state index in [9.17, 15) is 13.6 Å². The van der Waals surface area contributed by atoms with Crippen molar-refractivity contribution < 1.29 is 13.6 Å². The van der Waals surface area contributed by atoms with Crippen LogP contribution >= 0.6 is 0 Å². The minimum Gasteiger partial charge on any atom is -0.342 e. The lowest BCUT2D eigenvalue weighted by atomic mass is 9.95. The molecule has 0 bridgehead atoms. The largest absolute Gasteiger partial charge is 0.342 e. The minimum absolute atomic E-state index is 0.118. The summed E-state index contributed by atoms with van der Waals surface area (Å²) in [4.78, 5) is 14.1. The highest BCUT2D eigenvalue weighted by Gasteiger charge is 2.22. The van der Waals surface area contributed by atoms with Crippen LogP contribution in [-0.2, 0) is 11.2 Å². The Morgan fingerprint density at radius 1 is 1.35 bits per heavy atom. The number of piperidine rings is 1. The molecular formula is C16H21F2NO. The summed E-state index contributed by atoms with van der Waals surface area (Å²) >= 11 is 0. The monoisotopic (exact) mass is 281 g/mol. The molecule has 1 amide bonds. The van der Waals surface area contributed by atoms with Crippen molar-refractivity contribution in [2.75, 3.05) is 13.1 Å². The molecule has 0 N–H and O–H groups in total. The van der Waals surface area contributed by atoms with Gasteiger partial charge in [0.25, 0.3) is 0 Å². The Morgan fingerprint density at radius 3 is 2.85 bits per heavy atom. The van der Waals surface area contributed by atoms with Gasteiger partial charge in [0.05, 0.1) is 0 Å². The van der Waals surface area contributed by atoms with Crippen LogP contribution in [0.2, 0.25) is 0 Å². The van der Waals surface area contributed by atoms with Gasteiger partial charge in [-0.2, -0.15) is 0 Å². The molecule has 2 nitrogen and oxygen atoms in total. The van der Waals surface area contributed by atoms with Crippen molar-refractivity contribution >= 4 is 5.91 Å². The zero-order valence-electron chi connectivity index (χ0n) is 11.9. The first-order chi connectivity index (χ1) is 9.60. The normalized spacial score (nSPS) is 19.1. The third-order valence-corrected chi connectivity index (χ3v) is 4.06. The number of aryl methyl sites for hydroxylation is 1. The molecule has 0 radical (unpaired) electrons. The second-order valence-corrected chi connectivity index (χ2v) is 5.50. The van der Waals surface area contributed by atoms with Gasteiger partial charge in [0, 0.05) is 19.5 Å². The molecule has 20 heavy (non-hydrogen) atoms. The Balaban J connectivity index is 1.86. The second-order valence-electron chi connectivity index (χ2n) is 5.50. The molecule has 0 saturated carbocycles. The third-order valence-electron chi connectivity index (χ3n) is 4.06. The number of halogens is 2. The van der Waals surface area contributed by atoms with Crippen molar-refractivity contribution in [1.82, 2.24) is 4.90 Å². The average molecular weight is 281 g/mol. The maximum atomic E-state index is 13.1. The highest BCUT2D eigenvalue weighted by molar-refractivity contribution is 5.76. The summed E-state index contributed by atoms with van der Waals surface area (Å²) in [6.45, 7) is 3.82. The molecule has 0 aromatic heterocycles. The summed E-state index contributed by atoms with van der Waals surface area (Å²) in [6.07, 6.45) is 4.19. The zero-order valence-corrected chi connectivity index (χ0v) is 11.9. The quantitative estimate of drug-likeness (QED) is 0.826. The van der Waals surface area contributed by atoms with E-state index in [1.165, 1.54) is 18.6 Å². The molecule has 0 aliphatic carbocycles. The number of carbonyl (C=O) groups excluding carboxylic acids is 1. The number of carbonyl (C=O) groups is 1. The lowest BCUT2D eigenvalue weighted by Gasteiger charge is -2.32. The Bertz CT molecular complexity index is 476. The molecule has 1 aromatic rings. The fourth-order valence-corrected chi connectivity index (χ4v) is 2.73. The summed E-state index contributed by atoms with van der Waals surface area (Å²) in [5.74, 6) is -0.968. The number of rotatable bonds is 4. The number of benzene rings is 1. The lowest BCUT2D eigenvalue weighted by Crippen LogP contribution is -2.39. The number of hydrogen-bond acceptors (Lipinski definition) is 1. The van der Waals surface area contributed by atoms with Gasteiger partial charge in [0.2, 0.25) is 5.91 Å². The number of likely N-dealkylation sites (tertiary alicyclic amines) is 1. The van der Waals surface area contributed by atoms with Gasteiger partial charge >= 0.3 is 0 Å². The Hall–Kier alpha value is -1.45. The third kappa shape index (κ3) is 3.78. The zero-order chi connectivity index (χ0) is 14.5. The van der Waals surface area contributed by atoms with Crippen LogP contribution in [0.25, 0.3) is 0 Å². The highest BCUT2D eigenvalue weighted by Crippen LogP contribution is 2.20. The summed E-state index contributed by atoms with van der Waals surface area (Å²) in [5.41, 5.74) is 0.668. The molecule has 1 aliphatic rings. The molecule has 1 aromatic carbocycles. The van der Waals surface area contributed by atoms with Crippen LogP contribution in [0.5, 0.6) is 0 Å².